The maximum atomic E-state index is 10.5. The van der Waals surface area contributed by atoms with Crippen LogP contribution in [0.5, 0.6) is 0 Å². The molecule has 2 aliphatic rings. The Bertz CT molecular complexity index is 311. The first-order valence-corrected chi connectivity index (χ1v) is 6.77. The number of carboxylic acids is 1. The molecule has 2 rings (SSSR count). The highest BCUT2D eigenvalue weighted by molar-refractivity contribution is 5.66. The van der Waals surface area contributed by atoms with Crippen LogP contribution >= 0.6 is 0 Å². The zero-order valence-electron chi connectivity index (χ0n) is 10.7. The minimum Gasteiger partial charge on any atom is -0.481 e. The summed E-state index contributed by atoms with van der Waals surface area (Å²) in [6, 6.07) is 0.716. The van der Waals surface area contributed by atoms with Gasteiger partial charge in [0.05, 0.1) is 0 Å². The Hall–Kier alpha value is -0.830. The third-order valence-electron chi connectivity index (χ3n) is 4.29. The summed E-state index contributed by atoms with van der Waals surface area (Å²) in [5.41, 5.74) is 1.49. The Morgan fingerprint density at radius 2 is 2.35 bits per heavy atom. The van der Waals surface area contributed by atoms with Crippen LogP contribution in [0.1, 0.15) is 44.9 Å². The molecule has 3 heteroatoms. The number of nitrogens with zero attached hydrogens (tertiary/aromatic N) is 1. The fraction of sp³-hybridized carbons (Fsp3) is 0.786. The van der Waals surface area contributed by atoms with Gasteiger partial charge in [0.1, 0.15) is 0 Å². The van der Waals surface area contributed by atoms with Crippen LogP contribution in [0, 0.1) is 5.92 Å². The van der Waals surface area contributed by atoms with Gasteiger partial charge in [-0.2, -0.15) is 0 Å². The third kappa shape index (κ3) is 3.32. The molecule has 17 heavy (non-hydrogen) atoms. The van der Waals surface area contributed by atoms with Gasteiger partial charge in [-0.1, -0.05) is 11.6 Å². The van der Waals surface area contributed by atoms with E-state index in [1.54, 1.807) is 0 Å². The number of carboxylic acid groups (broad SMARTS) is 1. The van der Waals surface area contributed by atoms with Crippen LogP contribution in [0.2, 0.25) is 0 Å². The number of allylic oxidation sites excluding steroid dienone is 1. The second-order valence-corrected chi connectivity index (χ2v) is 5.49. The maximum Gasteiger partial charge on any atom is 0.303 e. The second kappa shape index (κ2) is 5.67. The first-order valence-electron chi connectivity index (χ1n) is 6.77. The minimum absolute atomic E-state index is 0.271. The molecule has 2 atom stereocenters. The largest absolute Gasteiger partial charge is 0.481 e. The van der Waals surface area contributed by atoms with Crippen LogP contribution in [-0.4, -0.2) is 35.6 Å². The molecule has 0 spiro atoms. The quantitative estimate of drug-likeness (QED) is 0.767. The number of aliphatic carboxylic acids is 1. The van der Waals surface area contributed by atoms with Crippen molar-refractivity contribution in [3.05, 3.63) is 11.6 Å². The first-order chi connectivity index (χ1) is 8.16. The normalized spacial score (nSPS) is 32.4. The Morgan fingerprint density at radius 3 is 3.12 bits per heavy atom. The van der Waals surface area contributed by atoms with E-state index in [1.165, 1.54) is 44.2 Å². The van der Waals surface area contributed by atoms with E-state index < -0.39 is 5.97 Å². The van der Waals surface area contributed by atoms with Crippen LogP contribution in [0.15, 0.2) is 11.6 Å². The van der Waals surface area contributed by atoms with Gasteiger partial charge in [-0.25, -0.2) is 0 Å². The third-order valence-corrected chi connectivity index (χ3v) is 4.29. The minimum atomic E-state index is -0.690. The highest BCUT2D eigenvalue weighted by Gasteiger charge is 2.32. The Labute approximate surface area is 103 Å². The van der Waals surface area contributed by atoms with E-state index in [2.05, 4.69) is 18.0 Å². The van der Waals surface area contributed by atoms with Crippen LogP contribution < -0.4 is 0 Å². The van der Waals surface area contributed by atoms with Gasteiger partial charge in [0.2, 0.25) is 0 Å². The van der Waals surface area contributed by atoms with Crippen molar-refractivity contribution in [2.24, 2.45) is 5.92 Å². The molecule has 1 aliphatic heterocycles. The summed E-state index contributed by atoms with van der Waals surface area (Å²) in [5, 5.41) is 8.63. The van der Waals surface area contributed by atoms with Gasteiger partial charge in [0, 0.05) is 12.5 Å². The van der Waals surface area contributed by atoms with Crippen molar-refractivity contribution in [3.63, 3.8) is 0 Å². The van der Waals surface area contributed by atoms with E-state index in [0.717, 1.165) is 5.92 Å². The number of piperidine rings is 1. The molecule has 1 N–H and O–H groups in total. The number of likely N-dealkylation sites (tertiary alicyclic amines) is 1. The molecule has 1 saturated heterocycles. The summed E-state index contributed by atoms with van der Waals surface area (Å²) >= 11 is 0. The number of hydrogen-bond donors (Lipinski definition) is 1. The predicted molar refractivity (Wildman–Crippen MR) is 67.9 cm³/mol. The van der Waals surface area contributed by atoms with E-state index in [-0.39, 0.29) is 6.42 Å². The summed E-state index contributed by atoms with van der Waals surface area (Å²) in [6.45, 7) is 1.23. The van der Waals surface area contributed by atoms with Crippen molar-refractivity contribution in [3.8, 4) is 0 Å². The first kappa shape index (κ1) is 12.6. The van der Waals surface area contributed by atoms with Crippen LogP contribution in [0.4, 0.5) is 0 Å². The van der Waals surface area contributed by atoms with E-state index in [4.69, 9.17) is 5.11 Å². The molecular weight excluding hydrogens is 214 g/mol. The van der Waals surface area contributed by atoms with Crippen molar-refractivity contribution in [1.29, 1.82) is 0 Å². The molecule has 0 unspecified atom stereocenters. The molecule has 0 aromatic heterocycles. The highest BCUT2D eigenvalue weighted by atomic mass is 16.4. The Balaban J connectivity index is 1.88. The van der Waals surface area contributed by atoms with Gasteiger partial charge in [-0.3, -0.25) is 4.79 Å². The molecule has 0 amide bonds. The number of carbonyl (C=O) groups is 1. The summed E-state index contributed by atoms with van der Waals surface area (Å²) in [4.78, 5) is 13.0. The average molecular weight is 237 g/mol. The zero-order chi connectivity index (χ0) is 12.3. The lowest BCUT2D eigenvalue weighted by Gasteiger charge is -2.43. The Morgan fingerprint density at radius 1 is 1.53 bits per heavy atom. The van der Waals surface area contributed by atoms with Crippen molar-refractivity contribution < 1.29 is 9.90 Å². The van der Waals surface area contributed by atoms with Gasteiger partial charge < -0.3 is 10.0 Å². The topological polar surface area (TPSA) is 40.5 Å². The van der Waals surface area contributed by atoms with Crippen molar-refractivity contribution in [2.45, 2.75) is 51.0 Å². The summed E-state index contributed by atoms with van der Waals surface area (Å²) in [5.74, 6) is 0.190. The molecule has 96 valence electrons. The highest BCUT2D eigenvalue weighted by Crippen LogP contribution is 2.37. The van der Waals surface area contributed by atoms with Crippen LogP contribution in [0.3, 0.4) is 0 Å². The number of hydrogen-bond acceptors (Lipinski definition) is 2. The maximum absolute atomic E-state index is 10.5. The Kier molecular flexibility index (Phi) is 4.21. The summed E-state index contributed by atoms with van der Waals surface area (Å²) in [6.07, 6.45) is 9.53. The fourth-order valence-corrected chi connectivity index (χ4v) is 3.31. The average Bonchev–Trinajstić information content (AvgIpc) is 2.30. The van der Waals surface area contributed by atoms with Crippen LogP contribution in [0.25, 0.3) is 0 Å². The molecular formula is C14H23NO2. The molecule has 2 fully saturated rings. The number of rotatable bonds is 3. The zero-order valence-corrected chi connectivity index (χ0v) is 10.7. The predicted octanol–water partition coefficient (Wildman–Crippen LogP) is 2.67. The van der Waals surface area contributed by atoms with Gasteiger partial charge in [0.25, 0.3) is 0 Å². The molecule has 1 saturated carbocycles. The van der Waals surface area contributed by atoms with Gasteiger partial charge >= 0.3 is 5.97 Å². The van der Waals surface area contributed by atoms with Crippen molar-refractivity contribution in [1.82, 2.24) is 4.90 Å². The lowest BCUT2D eigenvalue weighted by Crippen LogP contribution is -2.44. The van der Waals surface area contributed by atoms with Crippen molar-refractivity contribution >= 4 is 5.97 Å². The standard InChI is InChI=1S/C14H23NO2/c1-15-9-3-5-12-8-7-11(10-13(12)15)4-2-6-14(16)17/h4,12-13H,2-3,5-10H2,1H3,(H,16,17)/t12-,13-/m1/s1. The molecule has 0 radical (unpaired) electrons. The molecule has 0 aromatic rings. The van der Waals surface area contributed by atoms with E-state index in [0.29, 0.717) is 12.5 Å². The lowest BCUT2D eigenvalue weighted by molar-refractivity contribution is -0.136. The monoisotopic (exact) mass is 237 g/mol. The SMILES string of the molecule is CN1CCC[C@@H]2CCC(=CCCC(=O)O)C[C@H]21. The summed E-state index contributed by atoms with van der Waals surface area (Å²) < 4.78 is 0. The van der Waals surface area contributed by atoms with Gasteiger partial charge in [-0.05, 0) is 58.0 Å². The van der Waals surface area contributed by atoms with Gasteiger partial charge in [0.15, 0.2) is 0 Å². The van der Waals surface area contributed by atoms with E-state index in [1.807, 2.05) is 0 Å². The smallest absolute Gasteiger partial charge is 0.303 e. The molecule has 1 heterocycles. The van der Waals surface area contributed by atoms with Crippen molar-refractivity contribution in [2.75, 3.05) is 13.6 Å². The molecule has 3 nitrogen and oxygen atoms in total. The molecule has 0 aromatic carbocycles. The van der Waals surface area contributed by atoms with Crippen LogP contribution in [-0.2, 0) is 4.79 Å². The van der Waals surface area contributed by atoms with E-state index >= 15 is 0 Å². The van der Waals surface area contributed by atoms with Gasteiger partial charge in [-0.15, -0.1) is 0 Å². The molecule has 0 bridgehead atoms. The van der Waals surface area contributed by atoms with E-state index in [9.17, 15) is 4.79 Å². The fourth-order valence-electron chi connectivity index (χ4n) is 3.31. The molecule has 1 aliphatic carbocycles. The second-order valence-electron chi connectivity index (χ2n) is 5.49. The number of fused-ring (bicyclic) bond motifs is 1. The summed E-state index contributed by atoms with van der Waals surface area (Å²) in [7, 11) is 2.23. The lowest BCUT2D eigenvalue weighted by atomic mass is 9.76.